The maximum absolute atomic E-state index is 12.5. The minimum atomic E-state index is -0.431. The number of carbonyl (C=O) groups is 1. The maximum atomic E-state index is 12.5. The van der Waals surface area contributed by atoms with Gasteiger partial charge in [-0.05, 0) is 56.0 Å². The molecule has 1 aliphatic rings. The molecule has 6 nitrogen and oxygen atoms in total. The minimum Gasteiger partial charge on any atom is -0.366 e. The Hall–Kier alpha value is -2.60. The monoisotopic (exact) mass is 373 g/mol. The van der Waals surface area contributed by atoms with Crippen LogP contribution in [0.5, 0.6) is 0 Å². The zero-order chi connectivity index (χ0) is 18.7. The van der Waals surface area contributed by atoms with Gasteiger partial charge in [0.2, 0.25) is 0 Å². The number of nitro groups is 1. The van der Waals surface area contributed by atoms with E-state index in [2.05, 4.69) is 5.32 Å². The molecular formula is C19H20ClN3O3. The van der Waals surface area contributed by atoms with Crippen LogP contribution in [0.4, 0.5) is 17.1 Å². The lowest BCUT2D eigenvalue weighted by Gasteiger charge is -2.28. The second-order valence-corrected chi connectivity index (χ2v) is 6.85. The Kier molecular flexibility index (Phi) is 5.42. The molecule has 0 atom stereocenters. The summed E-state index contributed by atoms with van der Waals surface area (Å²) < 4.78 is 0. The Labute approximate surface area is 156 Å². The van der Waals surface area contributed by atoms with Gasteiger partial charge in [0.25, 0.3) is 11.6 Å². The second-order valence-electron chi connectivity index (χ2n) is 6.45. The smallest absolute Gasteiger partial charge is 0.293 e. The summed E-state index contributed by atoms with van der Waals surface area (Å²) in [6, 6.07) is 9.92. The Bertz CT molecular complexity index is 848. The number of rotatable bonds is 4. The summed E-state index contributed by atoms with van der Waals surface area (Å²) in [7, 11) is 0. The number of amides is 1. The SMILES string of the molecule is Cc1ccc(NC(=O)c2ccc(N3CCCCC3)c([N+](=O)[O-])c2)c(Cl)c1. The van der Waals surface area contributed by atoms with Gasteiger partial charge in [0.05, 0.1) is 15.6 Å². The van der Waals surface area contributed by atoms with Gasteiger partial charge in [-0.2, -0.15) is 0 Å². The van der Waals surface area contributed by atoms with Crippen LogP contribution in [0.2, 0.25) is 5.02 Å². The standard InChI is InChI=1S/C19H20ClN3O3/c1-13-5-7-16(15(20)11-13)21-19(24)14-6-8-17(18(12-14)23(25)26)22-9-3-2-4-10-22/h5-8,11-12H,2-4,9-10H2,1H3,(H,21,24). The first-order valence-corrected chi connectivity index (χ1v) is 8.94. The zero-order valence-corrected chi connectivity index (χ0v) is 15.3. The van der Waals surface area contributed by atoms with E-state index >= 15 is 0 Å². The molecule has 0 radical (unpaired) electrons. The zero-order valence-electron chi connectivity index (χ0n) is 14.5. The van der Waals surface area contributed by atoms with Crippen LogP contribution in [0.15, 0.2) is 36.4 Å². The van der Waals surface area contributed by atoms with Gasteiger partial charge in [0.15, 0.2) is 0 Å². The molecule has 136 valence electrons. The number of benzene rings is 2. The highest BCUT2D eigenvalue weighted by molar-refractivity contribution is 6.34. The number of hydrogen-bond acceptors (Lipinski definition) is 4. The van der Waals surface area contributed by atoms with Gasteiger partial charge < -0.3 is 10.2 Å². The lowest BCUT2D eigenvalue weighted by molar-refractivity contribution is -0.384. The molecule has 1 N–H and O–H groups in total. The van der Waals surface area contributed by atoms with Crippen LogP contribution in [0.25, 0.3) is 0 Å². The van der Waals surface area contributed by atoms with Gasteiger partial charge in [-0.25, -0.2) is 0 Å². The number of piperidine rings is 1. The number of nitrogens with one attached hydrogen (secondary N) is 1. The van der Waals surface area contributed by atoms with Crippen molar-refractivity contribution < 1.29 is 9.72 Å². The van der Waals surface area contributed by atoms with Crippen molar-refractivity contribution in [1.82, 2.24) is 0 Å². The Morgan fingerprint density at radius 3 is 2.54 bits per heavy atom. The molecule has 0 aromatic heterocycles. The third kappa shape index (κ3) is 3.96. The lowest BCUT2D eigenvalue weighted by atomic mass is 10.1. The molecule has 1 amide bonds. The lowest BCUT2D eigenvalue weighted by Crippen LogP contribution is -2.30. The first-order chi connectivity index (χ1) is 12.5. The second kappa shape index (κ2) is 7.74. The van der Waals surface area contributed by atoms with Gasteiger partial charge in [0.1, 0.15) is 5.69 Å². The fourth-order valence-corrected chi connectivity index (χ4v) is 3.41. The number of halogens is 1. The molecule has 7 heteroatoms. The molecule has 0 unspecified atom stereocenters. The molecule has 2 aromatic rings. The van der Waals surface area contributed by atoms with E-state index in [1.807, 2.05) is 17.9 Å². The number of nitro benzene ring substituents is 1. The van der Waals surface area contributed by atoms with Crippen LogP contribution in [-0.4, -0.2) is 23.9 Å². The van der Waals surface area contributed by atoms with E-state index in [-0.39, 0.29) is 11.3 Å². The van der Waals surface area contributed by atoms with E-state index in [9.17, 15) is 14.9 Å². The van der Waals surface area contributed by atoms with Crippen molar-refractivity contribution in [3.8, 4) is 0 Å². The summed E-state index contributed by atoms with van der Waals surface area (Å²) in [6.07, 6.45) is 3.18. The van der Waals surface area contributed by atoms with Crippen LogP contribution in [-0.2, 0) is 0 Å². The van der Waals surface area contributed by atoms with Crippen LogP contribution in [0.1, 0.15) is 35.2 Å². The predicted octanol–water partition coefficient (Wildman–Crippen LogP) is 4.80. The third-order valence-electron chi connectivity index (χ3n) is 4.50. The fraction of sp³-hybridized carbons (Fsp3) is 0.316. The van der Waals surface area contributed by atoms with Gasteiger partial charge in [-0.15, -0.1) is 0 Å². The highest BCUT2D eigenvalue weighted by Crippen LogP contribution is 2.32. The van der Waals surface area contributed by atoms with Crippen molar-refractivity contribution in [2.45, 2.75) is 26.2 Å². The minimum absolute atomic E-state index is 0.0467. The molecule has 1 heterocycles. The van der Waals surface area contributed by atoms with Gasteiger partial charge in [-0.1, -0.05) is 17.7 Å². The van der Waals surface area contributed by atoms with Crippen molar-refractivity contribution in [1.29, 1.82) is 0 Å². The molecule has 0 spiro atoms. The molecule has 3 rings (SSSR count). The first kappa shape index (κ1) is 18.2. The highest BCUT2D eigenvalue weighted by atomic mass is 35.5. The molecule has 1 saturated heterocycles. The predicted molar refractivity (Wildman–Crippen MR) is 103 cm³/mol. The van der Waals surface area contributed by atoms with Crippen LogP contribution in [0, 0.1) is 17.0 Å². The van der Waals surface area contributed by atoms with Gasteiger partial charge in [-0.3, -0.25) is 14.9 Å². The maximum Gasteiger partial charge on any atom is 0.293 e. The Morgan fingerprint density at radius 1 is 1.15 bits per heavy atom. The van der Waals surface area contributed by atoms with Crippen LogP contribution >= 0.6 is 11.6 Å². The largest absolute Gasteiger partial charge is 0.366 e. The molecule has 26 heavy (non-hydrogen) atoms. The summed E-state index contributed by atoms with van der Waals surface area (Å²) in [4.78, 5) is 25.6. The number of aryl methyl sites for hydroxylation is 1. The van der Waals surface area contributed by atoms with E-state index in [1.54, 1.807) is 24.3 Å². The fourth-order valence-electron chi connectivity index (χ4n) is 3.13. The van der Waals surface area contributed by atoms with E-state index in [0.717, 1.165) is 37.9 Å². The van der Waals surface area contributed by atoms with Crippen LogP contribution < -0.4 is 10.2 Å². The van der Waals surface area contributed by atoms with Crippen LogP contribution in [0.3, 0.4) is 0 Å². The molecule has 1 aliphatic heterocycles. The van der Waals surface area contributed by atoms with Crippen molar-refractivity contribution in [2.75, 3.05) is 23.3 Å². The quantitative estimate of drug-likeness (QED) is 0.617. The van der Waals surface area contributed by atoms with E-state index in [1.165, 1.54) is 6.07 Å². The van der Waals surface area contributed by atoms with Crippen molar-refractivity contribution in [3.05, 3.63) is 62.7 Å². The highest BCUT2D eigenvalue weighted by Gasteiger charge is 2.23. The molecule has 0 saturated carbocycles. The molecule has 0 aliphatic carbocycles. The number of carbonyl (C=O) groups excluding carboxylic acids is 1. The Balaban J connectivity index is 1.86. The van der Waals surface area contributed by atoms with Crippen molar-refractivity contribution >= 4 is 34.6 Å². The number of hydrogen-bond donors (Lipinski definition) is 1. The summed E-state index contributed by atoms with van der Waals surface area (Å²) in [6.45, 7) is 3.50. The summed E-state index contributed by atoms with van der Waals surface area (Å²) in [5.74, 6) is -0.427. The summed E-state index contributed by atoms with van der Waals surface area (Å²) >= 11 is 6.14. The van der Waals surface area contributed by atoms with Gasteiger partial charge >= 0.3 is 0 Å². The van der Waals surface area contributed by atoms with Crippen molar-refractivity contribution in [3.63, 3.8) is 0 Å². The van der Waals surface area contributed by atoms with Gasteiger partial charge in [0, 0.05) is 24.7 Å². The topological polar surface area (TPSA) is 75.5 Å². The summed E-state index contributed by atoms with van der Waals surface area (Å²) in [5, 5.41) is 14.7. The number of nitrogens with zero attached hydrogens (tertiary/aromatic N) is 2. The third-order valence-corrected chi connectivity index (χ3v) is 4.82. The molecular weight excluding hydrogens is 354 g/mol. The number of anilines is 2. The first-order valence-electron chi connectivity index (χ1n) is 8.56. The molecule has 2 aromatic carbocycles. The van der Waals surface area contributed by atoms with E-state index in [0.29, 0.717) is 16.4 Å². The van der Waals surface area contributed by atoms with E-state index in [4.69, 9.17) is 11.6 Å². The summed E-state index contributed by atoms with van der Waals surface area (Å²) in [5.41, 5.74) is 2.21. The average Bonchev–Trinajstić information content (AvgIpc) is 2.64. The molecule has 0 bridgehead atoms. The average molecular weight is 374 g/mol. The Morgan fingerprint density at radius 2 is 1.88 bits per heavy atom. The van der Waals surface area contributed by atoms with E-state index < -0.39 is 10.8 Å². The van der Waals surface area contributed by atoms with Crippen molar-refractivity contribution in [2.24, 2.45) is 0 Å². The normalized spacial score (nSPS) is 14.2. The molecule has 1 fully saturated rings.